The number of benzene rings is 3. The van der Waals surface area contributed by atoms with Crippen molar-refractivity contribution in [2.75, 3.05) is 19.7 Å². The van der Waals surface area contributed by atoms with Gasteiger partial charge in [-0.15, -0.1) is 0 Å². The van der Waals surface area contributed by atoms with Gasteiger partial charge < -0.3 is 14.4 Å². The summed E-state index contributed by atoms with van der Waals surface area (Å²) in [7, 11) is 0. The highest BCUT2D eigenvalue weighted by atomic mass is 127. The van der Waals surface area contributed by atoms with E-state index in [0.717, 1.165) is 37.8 Å². The molecule has 1 saturated heterocycles. The number of carbonyl (C=O) groups is 3. The van der Waals surface area contributed by atoms with Crippen LogP contribution < -0.4 is 9.47 Å². The van der Waals surface area contributed by atoms with Crippen molar-refractivity contribution in [3.05, 3.63) is 95.4 Å². The van der Waals surface area contributed by atoms with Gasteiger partial charge in [-0.3, -0.25) is 19.3 Å². The molecule has 2 aliphatic rings. The molecular formula is C30H25Cl2IN2O5S. The molecule has 11 heteroatoms. The number of hydrogen-bond acceptors (Lipinski definition) is 6. The Hall–Kier alpha value is -2.73. The van der Waals surface area contributed by atoms with Crippen LogP contribution in [0.25, 0.3) is 6.08 Å². The molecule has 0 N–H and O–H groups in total. The van der Waals surface area contributed by atoms with E-state index in [-0.39, 0.29) is 24.0 Å². The summed E-state index contributed by atoms with van der Waals surface area (Å²) in [5.74, 6) is 0.321. The highest BCUT2D eigenvalue weighted by molar-refractivity contribution is 14.1. The summed E-state index contributed by atoms with van der Waals surface area (Å²) in [4.78, 5) is 41.9. The Labute approximate surface area is 265 Å². The van der Waals surface area contributed by atoms with Gasteiger partial charge in [0.05, 0.1) is 25.1 Å². The molecular weight excluding hydrogens is 698 g/mol. The van der Waals surface area contributed by atoms with Gasteiger partial charge in [-0.25, -0.2) is 0 Å². The number of amides is 3. The van der Waals surface area contributed by atoms with E-state index in [1.165, 1.54) is 5.56 Å². The SMILES string of the molecule is CCOc1cc(/C=C2\SC(=O)N(CC(=O)N3CCc4ccccc4C3)C2=O)cc(I)c1OCc1ccc(Cl)c(Cl)c1. The summed E-state index contributed by atoms with van der Waals surface area (Å²) in [6.45, 7) is 3.27. The second kappa shape index (κ2) is 13.1. The van der Waals surface area contributed by atoms with E-state index in [4.69, 9.17) is 32.7 Å². The molecule has 0 atom stereocenters. The molecule has 41 heavy (non-hydrogen) atoms. The van der Waals surface area contributed by atoms with Crippen LogP contribution in [0.5, 0.6) is 11.5 Å². The molecule has 212 valence electrons. The molecule has 3 aromatic rings. The zero-order valence-corrected chi connectivity index (χ0v) is 26.5. The van der Waals surface area contributed by atoms with Crippen molar-refractivity contribution >= 4 is 80.7 Å². The molecule has 5 rings (SSSR count). The smallest absolute Gasteiger partial charge is 0.294 e. The Morgan fingerprint density at radius 3 is 2.59 bits per heavy atom. The van der Waals surface area contributed by atoms with E-state index < -0.39 is 11.1 Å². The molecule has 0 spiro atoms. The van der Waals surface area contributed by atoms with E-state index in [1.807, 2.05) is 37.3 Å². The van der Waals surface area contributed by atoms with E-state index in [2.05, 4.69) is 28.7 Å². The van der Waals surface area contributed by atoms with Gasteiger partial charge in [0.1, 0.15) is 13.2 Å². The van der Waals surface area contributed by atoms with Crippen LogP contribution in [0.4, 0.5) is 4.79 Å². The number of carbonyl (C=O) groups excluding carboxylic acids is 3. The third-order valence-electron chi connectivity index (χ3n) is 6.65. The molecule has 3 amide bonds. The maximum atomic E-state index is 13.2. The predicted molar refractivity (Wildman–Crippen MR) is 169 cm³/mol. The van der Waals surface area contributed by atoms with Crippen LogP contribution >= 0.6 is 57.6 Å². The van der Waals surface area contributed by atoms with Crippen LogP contribution in [0.2, 0.25) is 10.0 Å². The molecule has 0 aliphatic carbocycles. The van der Waals surface area contributed by atoms with E-state index in [9.17, 15) is 14.4 Å². The normalized spacial score (nSPS) is 15.9. The van der Waals surface area contributed by atoms with Crippen molar-refractivity contribution in [1.29, 1.82) is 0 Å². The Bertz CT molecular complexity index is 1560. The quantitative estimate of drug-likeness (QED) is 0.181. The minimum atomic E-state index is -0.487. The second-order valence-electron chi connectivity index (χ2n) is 9.40. The van der Waals surface area contributed by atoms with Crippen molar-refractivity contribution in [2.24, 2.45) is 0 Å². The van der Waals surface area contributed by atoms with Crippen LogP contribution in [0.1, 0.15) is 29.2 Å². The van der Waals surface area contributed by atoms with Crippen molar-refractivity contribution in [3.63, 3.8) is 0 Å². The first-order valence-corrected chi connectivity index (χ1v) is 15.5. The average Bonchev–Trinajstić information content (AvgIpc) is 3.21. The Morgan fingerprint density at radius 2 is 1.83 bits per heavy atom. The number of rotatable bonds is 8. The number of halogens is 3. The Balaban J connectivity index is 1.29. The zero-order chi connectivity index (χ0) is 29.1. The predicted octanol–water partition coefficient (Wildman–Crippen LogP) is 7.20. The number of ether oxygens (including phenoxy) is 2. The molecule has 2 heterocycles. The highest BCUT2D eigenvalue weighted by Gasteiger charge is 2.37. The largest absolute Gasteiger partial charge is 0.490 e. The number of nitrogens with zero attached hydrogens (tertiary/aromatic N) is 2. The average molecular weight is 723 g/mol. The maximum Gasteiger partial charge on any atom is 0.294 e. The molecule has 1 fully saturated rings. The summed E-state index contributed by atoms with van der Waals surface area (Å²) in [5.41, 5.74) is 3.82. The zero-order valence-electron chi connectivity index (χ0n) is 22.0. The second-order valence-corrected chi connectivity index (χ2v) is 12.4. The highest BCUT2D eigenvalue weighted by Crippen LogP contribution is 2.38. The fourth-order valence-electron chi connectivity index (χ4n) is 4.59. The first kappa shape index (κ1) is 29.8. The van der Waals surface area contributed by atoms with Crippen molar-refractivity contribution in [2.45, 2.75) is 26.5 Å². The molecule has 0 aromatic heterocycles. The topological polar surface area (TPSA) is 76.2 Å². The van der Waals surface area contributed by atoms with Gasteiger partial charge in [0.2, 0.25) is 5.91 Å². The van der Waals surface area contributed by atoms with Crippen LogP contribution in [-0.2, 0) is 29.2 Å². The Kier molecular flexibility index (Phi) is 9.48. The number of fused-ring (bicyclic) bond motifs is 1. The number of imide groups is 1. The lowest BCUT2D eigenvalue weighted by atomic mass is 10.00. The van der Waals surface area contributed by atoms with E-state index in [1.54, 1.807) is 29.2 Å². The van der Waals surface area contributed by atoms with Gasteiger partial charge >= 0.3 is 0 Å². The third kappa shape index (κ3) is 6.85. The summed E-state index contributed by atoms with van der Waals surface area (Å²) < 4.78 is 12.7. The van der Waals surface area contributed by atoms with Crippen LogP contribution in [-0.4, -0.2) is 46.5 Å². The molecule has 3 aromatic carbocycles. The molecule has 0 bridgehead atoms. The summed E-state index contributed by atoms with van der Waals surface area (Å²) in [6, 6.07) is 16.9. The molecule has 0 saturated carbocycles. The molecule has 0 unspecified atom stereocenters. The van der Waals surface area contributed by atoms with Crippen molar-refractivity contribution in [3.8, 4) is 11.5 Å². The molecule has 2 aliphatic heterocycles. The maximum absolute atomic E-state index is 13.2. The number of hydrogen-bond donors (Lipinski definition) is 0. The van der Waals surface area contributed by atoms with Crippen LogP contribution in [0.3, 0.4) is 0 Å². The van der Waals surface area contributed by atoms with Gasteiger partial charge in [0.25, 0.3) is 11.1 Å². The Morgan fingerprint density at radius 1 is 1.05 bits per heavy atom. The monoisotopic (exact) mass is 722 g/mol. The van der Waals surface area contributed by atoms with Gasteiger partial charge in [-0.05, 0) is 100 Å². The minimum Gasteiger partial charge on any atom is -0.490 e. The number of thioether (sulfide) groups is 1. The molecule has 0 radical (unpaired) electrons. The fourth-order valence-corrected chi connectivity index (χ4v) is 6.53. The lowest BCUT2D eigenvalue weighted by Gasteiger charge is -2.29. The third-order valence-corrected chi connectivity index (χ3v) is 9.09. The van der Waals surface area contributed by atoms with Gasteiger partial charge in [-0.2, -0.15) is 0 Å². The van der Waals surface area contributed by atoms with E-state index >= 15 is 0 Å². The van der Waals surface area contributed by atoms with Crippen LogP contribution in [0.15, 0.2) is 59.5 Å². The first-order valence-electron chi connectivity index (χ1n) is 12.9. The van der Waals surface area contributed by atoms with E-state index in [0.29, 0.717) is 46.8 Å². The minimum absolute atomic E-state index is 0.245. The summed E-state index contributed by atoms with van der Waals surface area (Å²) >= 11 is 15.1. The summed E-state index contributed by atoms with van der Waals surface area (Å²) in [6.07, 6.45) is 2.39. The van der Waals surface area contributed by atoms with Gasteiger partial charge in [-0.1, -0.05) is 53.5 Å². The first-order chi connectivity index (χ1) is 19.7. The fraction of sp³-hybridized carbons (Fsp3) is 0.233. The standard InChI is InChI=1S/C30H25Cl2IN2O5S/c1-2-39-25-13-19(12-24(33)28(25)40-17-18-7-8-22(31)23(32)11-18)14-26-29(37)35(30(38)41-26)16-27(36)34-10-9-20-5-3-4-6-21(20)15-34/h3-8,11-14H,2,9-10,15-17H2,1H3/b26-14-. The van der Waals surface area contributed by atoms with Gasteiger partial charge in [0, 0.05) is 13.1 Å². The molecule has 7 nitrogen and oxygen atoms in total. The van der Waals surface area contributed by atoms with Crippen LogP contribution in [0, 0.1) is 3.57 Å². The lowest BCUT2D eigenvalue weighted by Crippen LogP contribution is -2.44. The van der Waals surface area contributed by atoms with Crippen molar-refractivity contribution < 1.29 is 23.9 Å². The summed E-state index contributed by atoms with van der Waals surface area (Å²) in [5, 5.41) is 0.448. The lowest BCUT2D eigenvalue weighted by molar-refractivity contribution is -0.136. The van der Waals surface area contributed by atoms with Gasteiger partial charge in [0.15, 0.2) is 11.5 Å². The van der Waals surface area contributed by atoms with Crippen molar-refractivity contribution in [1.82, 2.24) is 9.80 Å².